The van der Waals surface area contributed by atoms with Gasteiger partial charge in [-0.3, -0.25) is 4.79 Å². The number of nitrogens with two attached hydrogens (primary N) is 1. The molecule has 1 aliphatic carbocycles. The maximum atomic E-state index is 11.5. The molecule has 0 aromatic heterocycles. The molecule has 0 radical (unpaired) electrons. The Morgan fingerprint density at radius 3 is 2.38 bits per heavy atom. The normalized spacial score (nSPS) is 26.7. The van der Waals surface area contributed by atoms with Gasteiger partial charge in [0.25, 0.3) is 0 Å². The first-order valence-corrected chi connectivity index (χ1v) is 4.87. The van der Waals surface area contributed by atoms with Crippen LogP contribution in [-0.4, -0.2) is 16.4 Å². The molecule has 2 unspecified atom stereocenters. The molecule has 0 saturated heterocycles. The number of nitrogens with one attached hydrogen (secondary N) is 1. The van der Waals surface area contributed by atoms with Gasteiger partial charge < -0.3 is 11.1 Å². The highest BCUT2D eigenvalue weighted by Gasteiger charge is 2.41. The molecule has 4 heteroatoms. The van der Waals surface area contributed by atoms with Crippen LogP contribution in [0.25, 0.3) is 0 Å². The fourth-order valence-corrected chi connectivity index (χ4v) is 1.20. The van der Waals surface area contributed by atoms with E-state index in [1.54, 1.807) is 0 Å². The van der Waals surface area contributed by atoms with Crippen LogP contribution >= 0.6 is 12.2 Å². The molecule has 0 aliphatic heterocycles. The second-order valence-corrected chi connectivity index (χ2v) is 4.74. The summed E-state index contributed by atoms with van der Waals surface area (Å²) in [6.07, 6.45) is 0.985. The zero-order valence-electron chi connectivity index (χ0n) is 8.26. The summed E-state index contributed by atoms with van der Waals surface area (Å²) in [6.45, 7) is 5.71. The molecule has 2 atom stereocenters. The van der Waals surface area contributed by atoms with Crippen LogP contribution in [0.1, 0.15) is 27.2 Å². The number of amides is 1. The summed E-state index contributed by atoms with van der Waals surface area (Å²) in [5.74, 6) is 0.765. The molecule has 0 heterocycles. The number of carbonyl (C=O) groups excluding carboxylic acids is 1. The van der Waals surface area contributed by atoms with Gasteiger partial charge in [0, 0.05) is 5.92 Å². The average molecular weight is 200 g/mol. The van der Waals surface area contributed by atoms with Gasteiger partial charge in [0.2, 0.25) is 5.91 Å². The van der Waals surface area contributed by atoms with Crippen molar-refractivity contribution in [2.24, 2.45) is 17.6 Å². The first-order chi connectivity index (χ1) is 5.84. The summed E-state index contributed by atoms with van der Waals surface area (Å²) >= 11 is 4.85. The molecule has 1 fully saturated rings. The Morgan fingerprint density at radius 1 is 1.62 bits per heavy atom. The molecule has 3 N–H and O–H groups in total. The number of rotatable bonds is 3. The lowest BCUT2D eigenvalue weighted by atomic mass is 10.1. The van der Waals surface area contributed by atoms with Crippen LogP contribution in [0.4, 0.5) is 0 Å². The van der Waals surface area contributed by atoms with E-state index in [-0.39, 0.29) is 11.8 Å². The maximum Gasteiger partial charge on any atom is 0.224 e. The van der Waals surface area contributed by atoms with Gasteiger partial charge in [-0.1, -0.05) is 19.1 Å². The maximum absolute atomic E-state index is 11.5. The van der Waals surface area contributed by atoms with E-state index in [4.69, 9.17) is 18.0 Å². The van der Waals surface area contributed by atoms with Gasteiger partial charge in [-0.2, -0.15) is 0 Å². The van der Waals surface area contributed by atoms with Crippen molar-refractivity contribution in [3.05, 3.63) is 0 Å². The molecule has 0 bridgehead atoms. The number of hydrogen-bond donors (Lipinski definition) is 2. The van der Waals surface area contributed by atoms with E-state index in [0.29, 0.717) is 10.9 Å². The van der Waals surface area contributed by atoms with Gasteiger partial charge in [-0.05, 0) is 26.2 Å². The molecule has 0 aromatic carbocycles. The molecule has 1 amide bonds. The summed E-state index contributed by atoms with van der Waals surface area (Å²) in [4.78, 5) is 11.8. The van der Waals surface area contributed by atoms with Gasteiger partial charge in [0.15, 0.2) is 0 Å². The van der Waals surface area contributed by atoms with Crippen molar-refractivity contribution >= 4 is 23.1 Å². The molecular formula is C9H16N2OS. The standard InChI is InChI=1S/C9H16N2OS/c1-5-4-6(5)7(12)11-9(2,3)8(10)13/h5-6H,4H2,1-3H3,(H2,10,13)(H,11,12). The van der Waals surface area contributed by atoms with E-state index in [9.17, 15) is 4.79 Å². The topological polar surface area (TPSA) is 55.1 Å². The highest BCUT2D eigenvalue weighted by Crippen LogP contribution is 2.37. The van der Waals surface area contributed by atoms with E-state index in [1.807, 2.05) is 13.8 Å². The molecule has 3 nitrogen and oxygen atoms in total. The minimum Gasteiger partial charge on any atom is -0.391 e. The smallest absolute Gasteiger partial charge is 0.224 e. The van der Waals surface area contributed by atoms with E-state index in [2.05, 4.69) is 12.2 Å². The van der Waals surface area contributed by atoms with Gasteiger partial charge in [0.05, 0.1) is 10.5 Å². The first-order valence-electron chi connectivity index (χ1n) is 4.46. The van der Waals surface area contributed by atoms with Crippen LogP contribution in [0.5, 0.6) is 0 Å². The SMILES string of the molecule is CC1CC1C(=O)NC(C)(C)C(N)=S. The molecule has 1 aliphatic rings. The minimum atomic E-state index is -0.561. The van der Waals surface area contributed by atoms with Crippen molar-refractivity contribution in [2.45, 2.75) is 32.7 Å². The zero-order chi connectivity index (χ0) is 10.2. The fraction of sp³-hybridized carbons (Fsp3) is 0.778. The van der Waals surface area contributed by atoms with Crippen molar-refractivity contribution < 1.29 is 4.79 Å². The van der Waals surface area contributed by atoms with Gasteiger partial charge >= 0.3 is 0 Å². The van der Waals surface area contributed by atoms with Crippen molar-refractivity contribution in [1.29, 1.82) is 0 Å². The van der Waals surface area contributed by atoms with Crippen LogP contribution in [0, 0.1) is 11.8 Å². The lowest BCUT2D eigenvalue weighted by Gasteiger charge is -2.24. The van der Waals surface area contributed by atoms with Crippen molar-refractivity contribution in [3.8, 4) is 0 Å². The summed E-state index contributed by atoms with van der Waals surface area (Å²) in [5, 5.41) is 2.84. The Bertz CT molecular complexity index is 250. The number of carbonyl (C=O) groups is 1. The molecule has 74 valence electrons. The Hall–Kier alpha value is -0.640. The van der Waals surface area contributed by atoms with Gasteiger partial charge in [-0.25, -0.2) is 0 Å². The zero-order valence-corrected chi connectivity index (χ0v) is 9.07. The molecular weight excluding hydrogens is 184 g/mol. The predicted molar refractivity (Wildman–Crippen MR) is 56.3 cm³/mol. The van der Waals surface area contributed by atoms with Gasteiger partial charge in [0.1, 0.15) is 0 Å². The van der Waals surface area contributed by atoms with E-state index in [0.717, 1.165) is 6.42 Å². The lowest BCUT2D eigenvalue weighted by molar-refractivity contribution is -0.123. The number of thiocarbonyl (C=S) groups is 1. The van der Waals surface area contributed by atoms with Gasteiger partial charge in [-0.15, -0.1) is 0 Å². The van der Waals surface area contributed by atoms with E-state index < -0.39 is 5.54 Å². The number of hydrogen-bond acceptors (Lipinski definition) is 2. The van der Waals surface area contributed by atoms with Crippen LogP contribution in [-0.2, 0) is 4.79 Å². The third kappa shape index (κ3) is 2.40. The summed E-state index contributed by atoms with van der Waals surface area (Å²) in [7, 11) is 0. The first kappa shape index (κ1) is 10.4. The van der Waals surface area contributed by atoms with Crippen molar-refractivity contribution in [1.82, 2.24) is 5.32 Å². The Morgan fingerprint density at radius 2 is 2.08 bits per heavy atom. The van der Waals surface area contributed by atoms with Crippen molar-refractivity contribution in [3.63, 3.8) is 0 Å². The predicted octanol–water partition coefficient (Wildman–Crippen LogP) is 0.823. The monoisotopic (exact) mass is 200 g/mol. The third-order valence-electron chi connectivity index (χ3n) is 2.50. The lowest BCUT2D eigenvalue weighted by Crippen LogP contribution is -2.52. The minimum absolute atomic E-state index is 0.0744. The molecule has 1 rings (SSSR count). The largest absolute Gasteiger partial charge is 0.391 e. The molecule has 1 saturated carbocycles. The second-order valence-electron chi connectivity index (χ2n) is 4.30. The quantitative estimate of drug-likeness (QED) is 0.663. The Labute approximate surface area is 84.1 Å². The van der Waals surface area contributed by atoms with Crippen LogP contribution in [0.2, 0.25) is 0 Å². The average Bonchev–Trinajstić information content (AvgIpc) is 2.65. The molecule has 0 aromatic rings. The summed E-state index contributed by atoms with van der Waals surface area (Å²) in [5.41, 5.74) is 4.93. The van der Waals surface area contributed by atoms with Crippen LogP contribution < -0.4 is 11.1 Å². The summed E-state index contributed by atoms with van der Waals surface area (Å²) in [6, 6.07) is 0. The molecule has 0 spiro atoms. The summed E-state index contributed by atoms with van der Waals surface area (Å²) < 4.78 is 0. The van der Waals surface area contributed by atoms with E-state index >= 15 is 0 Å². The highest BCUT2D eigenvalue weighted by atomic mass is 32.1. The molecule has 13 heavy (non-hydrogen) atoms. The fourth-order valence-electron chi connectivity index (χ4n) is 1.15. The van der Waals surface area contributed by atoms with E-state index in [1.165, 1.54) is 0 Å². The third-order valence-corrected chi connectivity index (χ3v) is 3.01. The second kappa shape index (κ2) is 3.25. The Balaban J connectivity index is 2.48. The van der Waals surface area contributed by atoms with Crippen LogP contribution in [0.3, 0.4) is 0 Å². The van der Waals surface area contributed by atoms with Crippen LogP contribution in [0.15, 0.2) is 0 Å². The highest BCUT2D eigenvalue weighted by molar-refractivity contribution is 7.80. The van der Waals surface area contributed by atoms with Crippen molar-refractivity contribution in [2.75, 3.05) is 0 Å². The Kier molecular flexibility index (Phi) is 2.61.